The van der Waals surface area contributed by atoms with Crippen molar-refractivity contribution in [1.82, 2.24) is 4.90 Å². The molecule has 3 heteroatoms. The number of rotatable bonds is 4. The van der Waals surface area contributed by atoms with Crippen LogP contribution in [0.25, 0.3) is 0 Å². The summed E-state index contributed by atoms with van der Waals surface area (Å²) < 4.78 is 5.29. The summed E-state index contributed by atoms with van der Waals surface area (Å²) in [6.07, 6.45) is 3.47. The van der Waals surface area contributed by atoms with Crippen molar-refractivity contribution in [2.24, 2.45) is 11.3 Å². The number of thioether (sulfide) groups is 1. The minimum atomic E-state index is 0.207. The van der Waals surface area contributed by atoms with Crippen LogP contribution < -0.4 is 0 Å². The summed E-state index contributed by atoms with van der Waals surface area (Å²) in [7, 11) is 0. The second-order valence-corrected chi connectivity index (χ2v) is 7.55. The minimum Gasteiger partial charge on any atom is -0.381 e. The fourth-order valence-corrected chi connectivity index (χ4v) is 3.51. The van der Waals surface area contributed by atoms with Gasteiger partial charge in [-0.15, -0.1) is 0 Å². The fraction of sp³-hybridized carbons (Fsp3) is 0.625. The summed E-state index contributed by atoms with van der Waals surface area (Å²) in [5.41, 5.74) is 2.83. The van der Waals surface area contributed by atoms with Crippen molar-refractivity contribution in [3.63, 3.8) is 0 Å². The van der Waals surface area contributed by atoms with E-state index in [0.29, 0.717) is 0 Å². The van der Waals surface area contributed by atoms with Crippen LogP contribution in [0.3, 0.4) is 0 Å². The summed E-state index contributed by atoms with van der Waals surface area (Å²) in [5.74, 6) is 0.725. The van der Waals surface area contributed by atoms with Crippen LogP contribution in [0.2, 0.25) is 0 Å². The van der Waals surface area contributed by atoms with Crippen LogP contribution in [-0.2, 0) is 4.74 Å². The first-order chi connectivity index (χ1) is 8.81. The van der Waals surface area contributed by atoms with Crippen molar-refractivity contribution in [3.8, 4) is 0 Å². The van der Waals surface area contributed by atoms with E-state index < -0.39 is 0 Å². The Bertz CT molecular complexity index is 440. The number of hydrogen-bond donors (Lipinski definition) is 0. The Kier molecular flexibility index (Phi) is 4.17. The van der Waals surface area contributed by atoms with E-state index >= 15 is 0 Å². The number of ether oxygens (including phenoxy) is 1. The zero-order valence-electron chi connectivity index (χ0n) is 12.7. The predicted molar refractivity (Wildman–Crippen MR) is 83.4 cm³/mol. The number of hydrogen-bond acceptors (Lipinski definition) is 3. The topological polar surface area (TPSA) is 12.5 Å². The third kappa shape index (κ3) is 3.09. The molecule has 1 saturated heterocycles. The van der Waals surface area contributed by atoms with Crippen molar-refractivity contribution in [2.75, 3.05) is 13.2 Å². The molecule has 0 saturated carbocycles. The molecule has 2 rings (SSSR count). The molecule has 0 amide bonds. The van der Waals surface area contributed by atoms with Gasteiger partial charge in [-0.1, -0.05) is 37.8 Å². The third-order valence-corrected chi connectivity index (χ3v) is 5.31. The van der Waals surface area contributed by atoms with E-state index in [0.717, 1.165) is 24.2 Å². The van der Waals surface area contributed by atoms with Crippen LogP contribution in [-0.4, -0.2) is 18.1 Å². The van der Waals surface area contributed by atoms with Crippen molar-refractivity contribution < 1.29 is 4.74 Å². The highest BCUT2D eigenvalue weighted by atomic mass is 32.2. The molecule has 19 heavy (non-hydrogen) atoms. The van der Waals surface area contributed by atoms with E-state index in [4.69, 9.17) is 4.74 Å². The van der Waals surface area contributed by atoms with Gasteiger partial charge in [0.05, 0.1) is 18.2 Å². The van der Waals surface area contributed by atoms with E-state index in [9.17, 15) is 0 Å². The van der Waals surface area contributed by atoms with Gasteiger partial charge in [0.1, 0.15) is 0 Å². The van der Waals surface area contributed by atoms with Crippen molar-refractivity contribution in [3.05, 3.63) is 34.0 Å². The van der Waals surface area contributed by atoms with E-state index in [1.165, 1.54) is 22.6 Å². The van der Waals surface area contributed by atoms with Gasteiger partial charge in [0.2, 0.25) is 0 Å². The van der Waals surface area contributed by atoms with Crippen LogP contribution in [0.4, 0.5) is 0 Å². The lowest BCUT2D eigenvalue weighted by atomic mass is 9.81. The Balaban J connectivity index is 2.14. The van der Waals surface area contributed by atoms with E-state index in [2.05, 4.69) is 52.3 Å². The molecule has 2 heterocycles. The molecule has 2 aliphatic heterocycles. The molecule has 0 spiro atoms. The van der Waals surface area contributed by atoms with Gasteiger partial charge in [0.25, 0.3) is 0 Å². The van der Waals surface area contributed by atoms with Gasteiger partial charge in [0.15, 0.2) is 0 Å². The highest BCUT2D eigenvalue weighted by molar-refractivity contribution is 8.06. The second-order valence-electron chi connectivity index (χ2n) is 6.44. The molecular weight excluding hydrogens is 254 g/mol. The first-order valence-electron chi connectivity index (χ1n) is 6.91. The maximum absolute atomic E-state index is 5.29. The SMILES string of the molecule is C=C1SC(C(C)(C)CC2COC2)=CN1C(C)=C(C)C. The van der Waals surface area contributed by atoms with Gasteiger partial charge in [-0.2, -0.15) is 0 Å². The van der Waals surface area contributed by atoms with Crippen LogP contribution >= 0.6 is 11.8 Å². The molecule has 0 aliphatic carbocycles. The van der Waals surface area contributed by atoms with Crippen LogP contribution in [0, 0.1) is 11.3 Å². The highest BCUT2D eigenvalue weighted by Crippen LogP contribution is 2.49. The molecule has 0 aromatic carbocycles. The molecule has 0 atom stereocenters. The number of nitrogens with zero attached hydrogens (tertiary/aromatic N) is 1. The summed E-state index contributed by atoms with van der Waals surface area (Å²) in [6, 6.07) is 0. The smallest absolute Gasteiger partial charge is 0.0763 e. The molecule has 1 fully saturated rings. The molecule has 106 valence electrons. The van der Waals surface area contributed by atoms with E-state index in [1.54, 1.807) is 0 Å². The Morgan fingerprint density at radius 2 is 2.05 bits per heavy atom. The van der Waals surface area contributed by atoms with Gasteiger partial charge in [-0.05, 0) is 32.6 Å². The Hall–Kier alpha value is -0.670. The maximum atomic E-state index is 5.29. The first kappa shape index (κ1) is 14.7. The summed E-state index contributed by atoms with van der Waals surface area (Å²) in [5, 5.41) is 1.12. The second kappa shape index (κ2) is 5.37. The Morgan fingerprint density at radius 1 is 1.42 bits per heavy atom. The largest absolute Gasteiger partial charge is 0.381 e. The van der Waals surface area contributed by atoms with Crippen LogP contribution in [0.1, 0.15) is 41.0 Å². The van der Waals surface area contributed by atoms with Crippen LogP contribution in [0.5, 0.6) is 0 Å². The standard InChI is InChI=1S/C16H25NOS/c1-11(2)12(3)17-8-15(19-13(17)4)16(5,6)7-14-9-18-10-14/h8,14H,4,7,9-10H2,1-3,5-6H3. The molecule has 0 aromatic heterocycles. The molecule has 2 aliphatic rings. The minimum absolute atomic E-state index is 0.207. The predicted octanol–water partition coefficient (Wildman–Crippen LogP) is 4.72. The Labute approximate surface area is 121 Å². The average molecular weight is 279 g/mol. The molecule has 0 bridgehead atoms. The van der Waals surface area contributed by atoms with Gasteiger partial charge < -0.3 is 9.64 Å². The normalized spacial score (nSPS) is 20.4. The maximum Gasteiger partial charge on any atom is 0.0763 e. The summed E-state index contributed by atoms with van der Waals surface area (Å²) in [4.78, 5) is 3.65. The van der Waals surface area contributed by atoms with Crippen molar-refractivity contribution in [2.45, 2.75) is 41.0 Å². The van der Waals surface area contributed by atoms with E-state index in [1.807, 2.05) is 11.8 Å². The molecule has 0 unspecified atom stereocenters. The number of allylic oxidation sites excluding steroid dienone is 3. The lowest BCUT2D eigenvalue weighted by Gasteiger charge is -2.34. The van der Waals surface area contributed by atoms with Gasteiger partial charge >= 0.3 is 0 Å². The van der Waals surface area contributed by atoms with Crippen molar-refractivity contribution >= 4 is 11.8 Å². The molecule has 0 radical (unpaired) electrons. The lowest BCUT2D eigenvalue weighted by Crippen LogP contribution is -2.32. The average Bonchev–Trinajstić information content (AvgIpc) is 2.65. The van der Waals surface area contributed by atoms with Gasteiger partial charge in [-0.25, -0.2) is 0 Å². The third-order valence-electron chi connectivity index (χ3n) is 4.00. The molecule has 0 N–H and O–H groups in total. The molecule has 2 nitrogen and oxygen atoms in total. The quantitative estimate of drug-likeness (QED) is 0.738. The van der Waals surface area contributed by atoms with Crippen LogP contribution in [0.15, 0.2) is 34.0 Å². The molecular formula is C16H25NOS. The summed E-state index contributed by atoms with van der Waals surface area (Å²) in [6.45, 7) is 17.2. The molecule has 0 aromatic rings. The Morgan fingerprint density at radius 3 is 2.53 bits per heavy atom. The zero-order valence-corrected chi connectivity index (χ0v) is 13.6. The highest BCUT2D eigenvalue weighted by Gasteiger charge is 2.35. The zero-order chi connectivity index (χ0) is 14.2. The lowest BCUT2D eigenvalue weighted by molar-refractivity contribution is -0.0464. The van der Waals surface area contributed by atoms with Gasteiger partial charge in [-0.3, -0.25) is 0 Å². The summed E-state index contributed by atoms with van der Waals surface area (Å²) >= 11 is 1.82. The van der Waals surface area contributed by atoms with Crippen molar-refractivity contribution in [1.29, 1.82) is 0 Å². The van der Waals surface area contributed by atoms with Gasteiger partial charge in [0, 0.05) is 22.7 Å². The monoisotopic (exact) mass is 279 g/mol. The first-order valence-corrected chi connectivity index (χ1v) is 7.73. The van der Waals surface area contributed by atoms with E-state index in [-0.39, 0.29) is 5.41 Å². The fourth-order valence-electron chi connectivity index (χ4n) is 2.45.